The number of aryl methyl sites for hydroxylation is 3. The van der Waals surface area contributed by atoms with Gasteiger partial charge in [-0.25, -0.2) is 8.42 Å². The number of nitrogens with one attached hydrogen (secondary N) is 1. The van der Waals surface area contributed by atoms with Crippen LogP contribution >= 0.6 is 0 Å². The summed E-state index contributed by atoms with van der Waals surface area (Å²) in [7, 11) is -3.71. The van der Waals surface area contributed by atoms with Gasteiger partial charge < -0.3 is 0 Å². The Kier molecular flexibility index (Phi) is 4.01. The van der Waals surface area contributed by atoms with Gasteiger partial charge in [-0.2, -0.15) is 5.26 Å². The molecule has 0 spiro atoms. The van der Waals surface area contributed by atoms with Crippen LogP contribution < -0.4 is 4.72 Å². The maximum Gasteiger partial charge on any atom is 0.262 e. The van der Waals surface area contributed by atoms with Gasteiger partial charge >= 0.3 is 0 Å². The number of nitrogens with zero attached hydrogens (tertiary/aromatic N) is 1. The summed E-state index contributed by atoms with van der Waals surface area (Å²) in [6.45, 7) is 5.51. The van der Waals surface area contributed by atoms with Crippen LogP contribution in [0.25, 0.3) is 0 Å². The van der Waals surface area contributed by atoms with Gasteiger partial charge in [-0.15, -0.1) is 0 Å². The van der Waals surface area contributed by atoms with Gasteiger partial charge in [0.25, 0.3) is 10.0 Å². The van der Waals surface area contributed by atoms with Crippen LogP contribution in [-0.4, -0.2) is 8.42 Å². The zero-order chi connectivity index (χ0) is 15.6. The quantitative estimate of drug-likeness (QED) is 0.945. The van der Waals surface area contributed by atoms with Gasteiger partial charge in [0, 0.05) is 0 Å². The molecular weight excluding hydrogens is 284 g/mol. The molecule has 2 rings (SSSR count). The molecule has 0 aliphatic carbocycles. The zero-order valence-corrected chi connectivity index (χ0v) is 13.0. The van der Waals surface area contributed by atoms with Gasteiger partial charge in [-0.1, -0.05) is 23.8 Å². The average molecular weight is 300 g/mol. The molecule has 4 nitrogen and oxygen atoms in total. The van der Waals surface area contributed by atoms with Crippen LogP contribution in [0, 0.1) is 32.1 Å². The smallest absolute Gasteiger partial charge is 0.262 e. The highest BCUT2D eigenvalue weighted by Crippen LogP contribution is 2.23. The highest BCUT2D eigenvalue weighted by Gasteiger charge is 2.18. The van der Waals surface area contributed by atoms with Gasteiger partial charge in [0.05, 0.1) is 22.2 Å². The molecule has 0 atom stereocenters. The third-order valence-corrected chi connectivity index (χ3v) is 4.74. The molecule has 0 fully saturated rings. The van der Waals surface area contributed by atoms with E-state index in [4.69, 9.17) is 5.26 Å². The first-order chi connectivity index (χ1) is 9.83. The monoisotopic (exact) mass is 300 g/mol. The predicted octanol–water partition coefficient (Wildman–Crippen LogP) is 3.28. The van der Waals surface area contributed by atoms with Crippen LogP contribution in [-0.2, 0) is 10.0 Å². The van der Waals surface area contributed by atoms with E-state index in [1.165, 1.54) is 6.07 Å². The molecule has 0 unspecified atom stereocenters. The van der Waals surface area contributed by atoms with Crippen molar-refractivity contribution >= 4 is 15.7 Å². The Labute approximate surface area is 125 Å². The van der Waals surface area contributed by atoms with E-state index in [1.54, 1.807) is 25.1 Å². The Morgan fingerprint density at radius 2 is 1.71 bits per heavy atom. The van der Waals surface area contributed by atoms with E-state index in [0.717, 1.165) is 11.1 Å². The molecule has 5 heteroatoms. The maximum atomic E-state index is 12.5. The van der Waals surface area contributed by atoms with E-state index in [0.29, 0.717) is 16.8 Å². The first-order valence-electron chi connectivity index (χ1n) is 6.44. The topological polar surface area (TPSA) is 70.0 Å². The first-order valence-corrected chi connectivity index (χ1v) is 7.92. The highest BCUT2D eigenvalue weighted by molar-refractivity contribution is 7.92. The van der Waals surface area contributed by atoms with Crippen LogP contribution in [0.2, 0.25) is 0 Å². The summed E-state index contributed by atoms with van der Waals surface area (Å²) >= 11 is 0. The van der Waals surface area contributed by atoms with Crippen molar-refractivity contribution in [2.75, 3.05) is 4.72 Å². The molecule has 0 aliphatic rings. The lowest BCUT2D eigenvalue weighted by molar-refractivity contribution is 0.600. The Morgan fingerprint density at radius 3 is 2.33 bits per heavy atom. The predicted molar refractivity (Wildman–Crippen MR) is 82.6 cm³/mol. The third kappa shape index (κ3) is 3.23. The Balaban J connectivity index is 2.46. The fourth-order valence-corrected chi connectivity index (χ4v) is 3.49. The fraction of sp³-hybridized carbons (Fsp3) is 0.188. The molecule has 0 saturated carbocycles. The lowest BCUT2D eigenvalue weighted by atomic mass is 10.1. The minimum absolute atomic E-state index is 0.126. The molecule has 108 valence electrons. The Bertz CT molecular complexity index is 834. The normalized spacial score (nSPS) is 11.0. The summed E-state index contributed by atoms with van der Waals surface area (Å²) in [5, 5.41) is 8.92. The van der Waals surface area contributed by atoms with Crippen molar-refractivity contribution in [2.24, 2.45) is 0 Å². The summed E-state index contributed by atoms with van der Waals surface area (Å²) in [5.41, 5.74) is 3.39. The minimum atomic E-state index is -3.71. The molecule has 0 amide bonds. The van der Waals surface area contributed by atoms with E-state index >= 15 is 0 Å². The van der Waals surface area contributed by atoms with Crippen LogP contribution in [0.1, 0.15) is 22.3 Å². The standard InChI is InChI=1S/C16H16N2O2S/c1-11-4-7-15(13(3)8-11)18-21(19,20)16-9-14(10-17)6-5-12(16)2/h4-9,18H,1-3H3. The summed E-state index contributed by atoms with van der Waals surface area (Å²) in [6.07, 6.45) is 0. The van der Waals surface area contributed by atoms with Crippen LogP contribution in [0.3, 0.4) is 0 Å². The molecule has 0 bridgehead atoms. The van der Waals surface area contributed by atoms with Crippen molar-refractivity contribution in [1.29, 1.82) is 5.26 Å². The molecule has 0 saturated heterocycles. The van der Waals surface area contributed by atoms with E-state index in [-0.39, 0.29) is 4.90 Å². The van der Waals surface area contributed by atoms with Gasteiger partial charge in [0.1, 0.15) is 0 Å². The second kappa shape index (κ2) is 5.58. The fourth-order valence-electron chi connectivity index (χ4n) is 2.09. The van der Waals surface area contributed by atoms with Crippen molar-refractivity contribution < 1.29 is 8.42 Å². The second-order valence-electron chi connectivity index (χ2n) is 5.02. The van der Waals surface area contributed by atoms with Crippen molar-refractivity contribution in [2.45, 2.75) is 25.7 Å². The Morgan fingerprint density at radius 1 is 1.00 bits per heavy atom. The number of hydrogen-bond donors (Lipinski definition) is 1. The van der Waals surface area contributed by atoms with E-state index in [2.05, 4.69) is 4.72 Å². The van der Waals surface area contributed by atoms with Crippen molar-refractivity contribution in [3.05, 3.63) is 58.7 Å². The largest absolute Gasteiger partial charge is 0.279 e. The molecule has 0 radical (unpaired) electrons. The lowest BCUT2D eigenvalue weighted by Gasteiger charge is -2.13. The minimum Gasteiger partial charge on any atom is -0.279 e. The molecule has 1 N–H and O–H groups in total. The zero-order valence-electron chi connectivity index (χ0n) is 12.1. The molecule has 21 heavy (non-hydrogen) atoms. The van der Waals surface area contributed by atoms with Crippen molar-refractivity contribution in [1.82, 2.24) is 0 Å². The van der Waals surface area contributed by atoms with Crippen molar-refractivity contribution in [3.63, 3.8) is 0 Å². The van der Waals surface area contributed by atoms with Crippen molar-refractivity contribution in [3.8, 4) is 6.07 Å². The molecular formula is C16H16N2O2S. The number of rotatable bonds is 3. The number of benzene rings is 2. The number of anilines is 1. The summed E-state index contributed by atoms with van der Waals surface area (Å²) in [5.74, 6) is 0. The summed E-state index contributed by atoms with van der Waals surface area (Å²) < 4.78 is 27.6. The van der Waals surface area contributed by atoms with E-state index < -0.39 is 10.0 Å². The van der Waals surface area contributed by atoms with Crippen LogP contribution in [0.5, 0.6) is 0 Å². The van der Waals surface area contributed by atoms with Gasteiger partial charge in [0.2, 0.25) is 0 Å². The number of nitriles is 1. The maximum absolute atomic E-state index is 12.5. The number of hydrogen-bond acceptors (Lipinski definition) is 3. The SMILES string of the molecule is Cc1ccc(NS(=O)(=O)c2cc(C#N)ccc2C)c(C)c1. The molecule has 2 aromatic rings. The molecule has 2 aromatic carbocycles. The molecule has 0 aromatic heterocycles. The van der Waals surface area contributed by atoms with Gasteiger partial charge in [0.15, 0.2) is 0 Å². The van der Waals surface area contributed by atoms with Gasteiger partial charge in [-0.05, 0) is 50.1 Å². The summed E-state index contributed by atoms with van der Waals surface area (Å²) in [4.78, 5) is 0.126. The second-order valence-corrected chi connectivity index (χ2v) is 6.67. The Hall–Kier alpha value is -2.32. The highest BCUT2D eigenvalue weighted by atomic mass is 32.2. The van der Waals surface area contributed by atoms with Crippen LogP contribution in [0.4, 0.5) is 5.69 Å². The number of sulfonamides is 1. The van der Waals surface area contributed by atoms with Crippen LogP contribution in [0.15, 0.2) is 41.3 Å². The molecule has 0 heterocycles. The van der Waals surface area contributed by atoms with E-state index in [1.807, 2.05) is 32.0 Å². The summed E-state index contributed by atoms with van der Waals surface area (Å²) in [6, 6.07) is 12.1. The third-order valence-electron chi connectivity index (χ3n) is 3.23. The first kappa shape index (κ1) is 15.1. The lowest BCUT2D eigenvalue weighted by Crippen LogP contribution is -2.15. The van der Waals surface area contributed by atoms with E-state index in [9.17, 15) is 8.42 Å². The van der Waals surface area contributed by atoms with Gasteiger partial charge in [-0.3, -0.25) is 4.72 Å². The molecule has 0 aliphatic heterocycles. The average Bonchev–Trinajstić information content (AvgIpc) is 2.42.